The van der Waals surface area contributed by atoms with Gasteiger partial charge in [0.25, 0.3) is 11.8 Å². The number of ether oxygens (including phenoxy) is 2. The number of aromatic amines is 1. The molecule has 1 aromatic carbocycles. The average molecular weight is 625 g/mol. The highest BCUT2D eigenvalue weighted by Gasteiger charge is 2.45. The molecular weight excluding hydrogens is 591 g/mol. The first-order chi connectivity index (χ1) is 20.5. The van der Waals surface area contributed by atoms with E-state index in [4.69, 9.17) is 10.5 Å². The number of imidazole rings is 1. The van der Waals surface area contributed by atoms with Gasteiger partial charge in [0, 0.05) is 49.9 Å². The van der Waals surface area contributed by atoms with Crippen LogP contribution in [-0.4, -0.2) is 80.8 Å². The van der Waals surface area contributed by atoms with Crippen LogP contribution in [0.25, 0.3) is 11.2 Å². The summed E-state index contributed by atoms with van der Waals surface area (Å²) in [7, 11) is 0. The van der Waals surface area contributed by atoms with Crippen molar-refractivity contribution in [3.8, 4) is 5.75 Å². The van der Waals surface area contributed by atoms with Gasteiger partial charge in [0.2, 0.25) is 0 Å². The maximum atomic E-state index is 14.7. The zero-order valence-corrected chi connectivity index (χ0v) is 24.4. The Hall–Kier alpha value is -4.17. The number of likely N-dealkylation sites (tertiary alicyclic amines) is 2. The van der Waals surface area contributed by atoms with Gasteiger partial charge < -0.3 is 30.0 Å². The van der Waals surface area contributed by atoms with Crippen molar-refractivity contribution in [2.24, 2.45) is 0 Å². The summed E-state index contributed by atoms with van der Waals surface area (Å²) in [4.78, 5) is 40.3. The topological polar surface area (TPSA) is 127 Å². The van der Waals surface area contributed by atoms with E-state index >= 15 is 0 Å². The largest absolute Gasteiger partial charge is 0.573 e. The van der Waals surface area contributed by atoms with Crippen LogP contribution < -0.4 is 10.5 Å². The molecule has 10 nitrogen and oxygen atoms in total. The highest BCUT2D eigenvalue weighted by molar-refractivity contribution is 5.99. The van der Waals surface area contributed by atoms with Crippen molar-refractivity contribution < 1.29 is 41.0 Å². The standard InChI is InChI=1S/C29H33F5N6O4/c1-27(2,3)44-26(42)40-14-17(13-28(30,31)15-40)23-37-22-19(6-9-36-24(22)38-23)16-7-10-39(11-8-16)25(41)20-5-4-18(12-21(20)35)43-29(32,33)34/h4-6,9,12,16-17H,7-8,10-11,13-15,35H2,1-3H3,(H,36,37,38)/t17-/m1/s1. The number of halogens is 5. The predicted octanol–water partition coefficient (Wildman–Crippen LogP) is 5.82. The molecule has 2 amide bonds. The van der Waals surface area contributed by atoms with Gasteiger partial charge in [-0.1, -0.05) is 0 Å². The number of piperidine rings is 2. The fourth-order valence-electron chi connectivity index (χ4n) is 5.73. The van der Waals surface area contributed by atoms with Gasteiger partial charge in [-0.25, -0.2) is 23.5 Å². The number of carbonyl (C=O) groups is 2. The molecule has 0 saturated carbocycles. The van der Waals surface area contributed by atoms with Crippen LogP contribution in [0.4, 0.5) is 32.4 Å². The van der Waals surface area contributed by atoms with E-state index < -0.39 is 54.5 Å². The molecule has 3 N–H and O–H groups in total. The molecule has 2 saturated heterocycles. The number of pyridine rings is 1. The molecule has 2 aliphatic rings. The SMILES string of the molecule is CC(C)(C)OC(=O)N1C[C@H](c2nc3nccc(C4CCN(C(=O)c5ccc(OC(F)(F)F)cc5N)CC4)c3[nH]2)CC(F)(F)C1. The van der Waals surface area contributed by atoms with E-state index in [2.05, 4.69) is 19.7 Å². The number of nitrogens with zero attached hydrogens (tertiary/aromatic N) is 4. The Morgan fingerprint density at radius 2 is 1.77 bits per heavy atom. The number of hydrogen-bond acceptors (Lipinski definition) is 7. The van der Waals surface area contributed by atoms with Crippen LogP contribution in [0.5, 0.6) is 5.75 Å². The molecule has 5 rings (SSSR count). The van der Waals surface area contributed by atoms with E-state index in [1.807, 2.05) is 6.07 Å². The second-order valence-electron chi connectivity index (χ2n) is 12.2. The number of rotatable bonds is 4. The van der Waals surface area contributed by atoms with Crippen LogP contribution in [0.2, 0.25) is 0 Å². The normalized spacial score (nSPS) is 19.7. The Kier molecular flexibility index (Phi) is 8.10. The summed E-state index contributed by atoms with van der Waals surface area (Å²) in [5.74, 6) is -4.54. The number of benzene rings is 1. The number of H-pyrrole nitrogens is 1. The first-order valence-electron chi connectivity index (χ1n) is 14.1. The molecule has 0 unspecified atom stereocenters. The molecule has 4 heterocycles. The summed E-state index contributed by atoms with van der Waals surface area (Å²) >= 11 is 0. The fraction of sp³-hybridized carbons (Fsp3) is 0.517. The number of nitrogens with two attached hydrogens (primary N) is 1. The summed E-state index contributed by atoms with van der Waals surface area (Å²) in [5, 5.41) is 0. The Morgan fingerprint density at radius 3 is 2.41 bits per heavy atom. The van der Waals surface area contributed by atoms with E-state index in [0.29, 0.717) is 42.9 Å². The Balaban J connectivity index is 1.29. The zero-order valence-electron chi connectivity index (χ0n) is 24.4. The van der Waals surface area contributed by atoms with E-state index in [-0.39, 0.29) is 23.7 Å². The van der Waals surface area contributed by atoms with Crippen LogP contribution in [0.1, 0.15) is 73.6 Å². The summed E-state index contributed by atoms with van der Waals surface area (Å²) < 4.78 is 76.2. The van der Waals surface area contributed by atoms with Crippen LogP contribution >= 0.6 is 0 Å². The number of amides is 2. The predicted molar refractivity (Wildman–Crippen MR) is 149 cm³/mol. The molecule has 2 aliphatic heterocycles. The molecule has 1 atom stereocenters. The van der Waals surface area contributed by atoms with Gasteiger partial charge in [0.15, 0.2) is 5.65 Å². The first-order valence-corrected chi connectivity index (χ1v) is 14.1. The van der Waals surface area contributed by atoms with Gasteiger partial charge in [-0.15, -0.1) is 13.2 Å². The maximum absolute atomic E-state index is 14.7. The molecule has 2 fully saturated rings. The van der Waals surface area contributed by atoms with E-state index in [1.54, 1.807) is 31.9 Å². The van der Waals surface area contributed by atoms with Crippen molar-refractivity contribution in [3.05, 3.63) is 47.4 Å². The summed E-state index contributed by atoms with van der Waals surface area (Å²) in [5.41, 5.74) is 6.83. The van der Waals surface area contributed by atoms with Gasteiger partial charge in [-0.3, -0.25) is 4.79 Å². The minimum Gasteiger partial charge on any atom is -0.444 e. The number of aromatic nitrogens is 3. The molecule has 3 aromatic rings. The van der Waals surface area contributed by atoms with Crippen molar-refractivity contribution in [1.82, 2.24) is 24.8 Å². The van der Waals surface area contributed by atoms with Gasteiger partial charge >= 0.3 is 12.5 Å². The van der Waals surface area contributed by atoms with Crippen LogP contribution in [0.3, 0.4) is 0 Å². The maximum Gasteiger partial charge on any atom is 0.573 e. The molecule has 15 heteroatoms. The summed E-state index contributed by atoms with van der Waals surface area (Å²) in [6.07, 6.45) is -3.48. The minimum absolute atomic E-state index is 0.00655. The number of nitrogen functional groups attached to an aromatic ring is 1. The third-order valence-corrected chi connectivity index (χ3v) is 7.60. The van der Waals surface area contributed by atoms with Crippen molar-refractivity contribution in [1.29, 1.82) is 0 Å². The van der Waals surface area contributed by atoms with Crippen molar-refractivity contribution in [3.63, 3.8) is 0 Å². The van der Waals surface area contributed by atoms with Crippen LogP contribution in [0.15, 0.2) is 30.5 Å². The Morgan fingerprint density at radius 1 is 1.07 bits per heavy atom. The van der Waals surface area contributed by atoms with Crippen molar-refractivity contribution in [2.45, 2.75) is 69.8 Å². The molecule has 0 radical (unpaired) electrons. The lowest BCUT2D eigenvalue weighted by molar-refractivity contribution is -0.274. The minimum atomic E-state index is -4.88. The van der Waals surface area contributed by atoms with Gasteiger partial charge in [-0.05, 0) is 63.3 Å². The second-order valence-corrected chi connectivity index (χ2v) is 12.2. The van der Waals surface area contributed by atoms with Gasteiger partial charge in [0.1, 0.15) is 17.2 Å². The number of hydrogen-bond donors (Lipinski definition) is 2. The zero-order chi connectivity index (χ0) is 32.0. The lowest BCUT2D eigenvalue weighted by Gasteiger charge is -2.37. The van der Waals surface area contributed by atoms with E-state index in [1.165, 1.54) is 6.07 Å². The third kappa shape index (κ3) is 7.13. The van der Waals surface area contributed by atoms with Crippen LogP contribution in [0, 0.1) is 0 Å². The van der Waals surface area contributed by atoms with Crippen LogP contribution in [-0.2, 0) is 4.74 Å². The lowest BCUT2D eigenvalue weighted by Crippen LogP contribution is -2.50. The average Bonchev–Trinajstić information content (AvgIpc) is 3.35. The molecular formula is C29H33F5N6O4. The smallest absolute Gasteiger partial charge is 0.444 e. The first kappa shape index (κ1) is 31.3. The molecule has 0 spiro atoms. The van der Waals surface area contributed by atoms with Gasteiger partial charge in [-0.2, -0.15) is 0 Å². The number of nitrogens with one attached hydrogen (secondary N) is 1. The highest BCUT2D eigenvalue weighted by atomic mass is 19.4. The summed E-state index contributed by atoms with van der Waals surface area (Å²) in [6, 6.07) is 5.04. The monoisotopic (exact) mass is 624 g/mol. The quantitative estimate of drug-likeness (QED) is 0.277. The van der Waals surface area contributed by atoms with Crippen molar-refractivity contribution >= 4 is 28.9 Å². The van der Waals surface area contributed by atoms with Crippen molar-refractivity contribution in [2.75, 3.05) is 31.9 Å². The Labute approximate surface area is 249 Å². The fourth-order valence-corrected chi connectivity index (χ4v) is 5.73. The summed E-state index contributed by atoms with van der Waals surface area (Å²) in [6.45, 7) is 4.98. The molecule has 0 aliphatic carbocycles. The second kappa shape index (κ2) is 11.4. The number of anilines is 1. The number of alkyl halides is 5. The van der Waals surface area contributed by atoms with E-state index in [0.717, 1.165) is 22.6 Å². The number of fused-ring (bicyclic) bond motifs is 1. The van der Waals surface area contributed by atoms with E-state index in [9.17, 15) is 31.5 Å². The third-order valence-electron chi connectivity index (χ3n) is 7.60. The Bertz CT molecular complexity index is 1550. The molecule has 44 heavy (non-hydrogen) atoms. The lowest BCUT2D eigenvalue weighted by atomic mass is 9.89. The molecule has 238 valence electrons. The molecule has 0 bridgehead atoms. The molecule has 2 aromatic heterocycles. The highest BCUT2D eigenvalue weighted by Crippen LogP contribution is 2.38. The van der Waals surface area contributed by atoms with Gasteiger partial charge in [0.05, 0.1) is 17.6 Å². The number of carbonyl (C=O) groups excluding carboxylic acids is 2.